The summed E-state index contributed by atoms with van der Waals surface area (Å²) in [5.74, 6) is -0.616. The van der Waals surface area contributed by atoms with E-state index in [0.717, 1.165) is 18.5 Å². The summed E-state index contributed by atoms with van der Waals surface area (Å²) in [6.07, 6.45) is 10.9. The van der Waals surface area contributed by atoms with Crippen molar-refractivity contribution >= 4 is 23.2 Å². The fourth-order valence-corrected chi connectivity index (χ4v) is 4.37. The molecule has 1 aromatic carbocycles. The van der Waals surface area contributed by atoms with Crippen molar-refractivity contribution in [3.8, 4) is 5.69 Å². The number of benzene rings is 1. The van der Waals surface area contributed by atoms with E-state index < -0.39 is 0 Å². The first-order chi connectivity index (χ1) is 13.2. The van der Waals surface area contributed by atoms with Crippen molar-refractivity contribution in [2.24, 2.45) is 0 Å². The lowest BCUT2D eigenvalue weighted by Gasteiger charge is -2.07. The quantitative estimate of drug-likeness (QED) is 0.541. The fraction of sp³-hybridized carbons (Fsp3) is 0.250. The van der Waals surface area contributed by atoms with E-state index in [1.807, 2.05) is 29.0 Å². The predicted molar refractivity (Wildman–Crippen MR) is 104 cm³/mol. The Hall–Kier alpha value is -2.93. The summed E-state index contributed by atoms with van der Waals surface area (Å²) in [4.78, 5) is 30.6. The lowest BCUT2D eigenvalue weighted by atomic mass is 10.1. The Morgan fingerprint density at radius 3 is 2.56 bits per heavy atom. The van der Waals surface area contributed by atoms with Crippen LogP contribution in [-0.4, -0.2) is 21.4 Å². The molecule has 4 rings (SSSR count). The molecule has 27 heavy (non-hydrogen) atoms. The van der Waals surface area contributed by atoms with E-state index >= 15 is 0 Å². The van der Waals surface area contributed by atoms with Gasteiger partial charge in [0.05, 0.1) is 11.2 Å². The molecular formula is C20H20N4O2S. The summed E-state index contributed by atoms with van der Waals surface area (Å²) in [5.41, 5.74) is 7.68. The molecule has 1 aliphatic rings. The highest BCUT2D eigenvalue weighted by Crippen LogP contribution is 2.28. The third-order valence-electron chi connectivity index (χ3n) is 4.69. The molecule has 0 saturated heterocycles. The zero-order chi connectivity index (χ0) is 18.6. The maximum absolute atomic E-state index is 12.4. The molecule has 2 amide bonds. The van der Waals surface area contributed by atoms with Crippen molar-refractivity contribution in [1.29, 1.82) is 0 Å². The molecule has 1 aliphatic carbocycles. The molecule has 0 atom stereocenters. The minimum Gasteiger partial charge on any atom is -0.306 e. The first-order valence-corrected chi connectivity index (χ1v) is 9.83. The minimum atomic E-state index is -0.348. The predicted octanol–water partition coefficient (Wildman–Crippen LogP) is 3.28. The first-order valence-electron chi connectivity index (χ1n) is 9.01. The van der Waals surface area contributed by atoms with Gasteiger partial charge >= 0.3 is 0 Å². The average molecular weight is 380 g/mol. The Bertz CT molecular complexity index is 922. The number of fused-ring (bicyclic) bond motifs is 1. The molecule has 0 unspecified atom stereocenters. The van der Waals surface area contributed by atoms with Crippen LogP contribution in [-0.2, 0) is 12.8 Å². The molecule has 6 nitrogen and oxygen atoms in total. The largest absolute Gasteiger partial charge is 0.306 e. The maximum Gasteiger partial charge on any atom is 0.279 e. The van der Waals surface area contributed by atoms with Gasteiger partial charge in [0.1, 0.15) is 0 Å². The Balaban J connectivity index is 1.37. The molecule has 138 valence electrons. The van der Waals surface area contributed by atoms with Crippen molar-refractivity contribution < 1.29 is 9.59 Å². The zero-order valence-electron chi connectivity index (χ0n) is 14.8. The number of carbonyl (C=O) groups is 2. The minimum absolute atomic E-state index is 0.267. The van der Waals surface area contributed by atoms with Crippen molar-refractivity contribution in [2.75, 3.05) is 0 Å². The summed E-state index contributed by atoms with van der Waals surface area (Å²) in [7, 11) is 0. The Morgan fingerprint density at radius 1 is 1.00 bits per heavy atom. The number of thiophene rings is 1. The molecule has 0 radical (unpaired) electrons. The molecule has 2 N–H and O–H groups in total. The summed E-state index contributed by atoms with van der Waals surface area (Å²) < 4.78 is 1.85. The number of carbonyl (C=O) groups excluding carboxylic acids is 2. The second-order valence-electron chi connectivity index (χ2n) is 6.54. The van der Waals surface area contributed by atoms with Crippen LogP contribution in [0.5, 0.6) is 0 Å². The van der Waals surface area contributed by atoms with E-state index in [-0.39, 0.29) is 11.8 Å². The van der Waals surface area contributed by atoms with E-state index in [1.165, 1.54) is 41.0 Å². The van der Waals surface area contributed by atoms with E-state index in [2.05, 4.69) is 15.8 Å². The van der Waals surface area contributed by atoms with Crippen LogP contribution in [0, 0.1) is 0 Å². The summed E-state index contributed by atoms with van der Waals surface area (Å²) in [6, 6.07) is 9.05. The standard InChI is InChI=1S/C20H20N4O2S/c25-19(14-6-8-16(9-7-14)24-11-10-21-13-24)22-23-20(26)18-12-15-4-2-1-3-5-17(15)27-18/h6-13H,1-5H2,(H,22,25)(H,23,26). The molecule has 3 aromatic rings. The van der Waals surface area contributed by atoms with Gasteiger partial charge < -0.3 is 4.57 Å². The summed E-state index contributed by atoms with van der Waals surface area (Å²) in [6.45, 7) is 0. The van der Waals surface area contributed by atoms with Gasteiger partial charge in [-0.05, 0) is 61.6 Å². The van der Waals surface area contributed by atoms with Crippen molar-refractivity contribution in [3.63, 3.8) is 0 Å². The van der Waals surface area contributed by atoms with Crippen molar-refractivity contribution in [2.45, 2.75) is 32.1 Å². The maximum atomic E-state index is 12.4. The molecule has 7 heteroatoms. The topological polar surface area (TPSA) is 76.0 Å². The molecular weight excluding hydrogens is 360 g/mol. The summed E-state index contributed by atoms with van der Waals surface area (Å²) >= 11 is 1.53. The second kappa shape index (κ2) is 7.75. The monoisotopic (exact) mass is 380 g/mol. The van der Waals surface area contributed by atoms with Gasteiger partial charge in [-0.2, -0.15) is 0 Å². The van der Waals surface area contributed by atoms with Crippen LogP contribution in [0.15, 0.2) is 49.1 Å². The average Bonchev–Trinajstić information content (AvgIpc) is 3.32. The highest BCUT2D eigenvalue weighted by atomic mass is 32.1. The third kappa shape index (κ3) is 3.93. The number of nitrogens with one attached hydrogen (secondary N) is 2. The number of amides is 2. The van der Waals surface area contributed by atoms with E-state index in [9.17, 15) is 9.59 Å². The van der Waals surface area contributed by atoms with E-state index in [4.69, 9.17) is 0 Å². The number of aryl methyl sites for hydroxylation is 2. The Kier molecular flexibility index (Phi) is 5.02. The zero-order valence-corrected chi connectivity index (χ0v) is 15.6. The van der Waals surface area contributed by atoms with Crippen molar-refractivity contribution in [3.05, 3.63) is 69.9 Å². The smallest absolute Gasteiger partial charge is 0.279 e. The normalized spacial score (nSPS) is 13.5. The number of rotatable bonds is 3. The number of nitrogens with zero attached hydrogens (tertiary/aromatic N) is 2. The molecule has 0 aliphatic heterocycles. The summed E-state index contributed by atoms with van der Waals surface area (Å²) in [5, 5.41) is 0. The van der Waals surface area contributed by atoms with Crippen LogP contribution in [0.25, 0.3) is 5.69 Å². The number of hydrazine groups is 1. The molecule has 2 heterocycles. The van der Waals surface area contributed by atoms with Crippen LogP contribution >= 0.6 is 11.3 Å². The number of hydrogen-bond donors (Lipinski definition) is 2. The fourth-order valence-electron chi connectivity index (χ4n) is 3.22. The third-order valence-corrected chi connectivity index (χ3v) is 5.93. The lowest BCUT2D eigenvalue weighted by molar-refractivity contribution is 0.0849. The lowest BCUT2D eigenvalue weighted by Crippen LogP contribution is -2.41. The van der Waals surface area contributed by atoms with Gasteiger partial charge in [0.25, 0.3) is 11.8 Å². The van der Waals surface area contributed by atoms with Gasteiger partial charge in [0.15, 0.2) is 0 Å². The van der Waals surface area contributed by atoms with E-state index in [0.29, 0.717) is 10.4 Å². The highest BCUT2D eigenvalue weighted by molar-refractivity contribution is 7.14. The van der Waals surface area contributed by atoms with Crippen molar-refractivity contribution in [1.82, 2.24) is 20.4 Å². The molecule has 0 bridgehead atoms. The van der Waals surface area contributed by atoms with Gasteiger partial charge in [-0.15, -0.1) is 11.3 Å². The Morgan fingerprint density at radius 2 is 1.78 bits per heavy atom. The van der Waals surface area contributed by atoms with Gasteiger partial charge in [0.2, 0.25) is 0 Å². The SMILES string of the molecule is O=C(NNC(=O)c1cc2c(s1)CCCCC2)c1ccc(-n2ccnc2)cc1. The van der Waals surface area contributed by atoms with Gasteiger partial charge in [0, 0.05) is 28.5 Å². The highest BCUT2D eigenvalue weighted by Gasteiger charge is 2.17. The molecule has 0 spiro atoms. The van der Waals surface area contributed by atoms with Gasteiger partial charge in [-0.3, -0.25) is 20.4 Å². The van der Waals surface area contributed by atoms with Crippen LogP contribution in [0.2, 0.25) is 0 Å². The van der Waals surface area contributed by atoms with Gasteiger partial charge in [-0.1, -0.05) is 6.42 Å². The first kappa shape index (κ1) is 17.5. The van der Waals surface area contributed by atoms with Crippen LogP contribution < -0.4 is 10.9 Å². The number of hydrogen-bond acceptors (Lipinski definition) is 4. The van der Waals surface area contributed by atoms with Gasteiger partial charge in [-0.25, -0.2) is 4.98 Å². The molecule has 2 aromatic heterocycles. The van der Waals surface area contributed by atoms with Crippen LogP contribution in [0.4, 0.5) is 0 Å². The van der Waals surface area contributed by atoms with Crippen LogP contribution in [0.1, 0.15) is 49.7 Å². The second-order valence-corrected chi connectivity index (χ2v) is 7.68. The number of imidazole rings is 1. The molecule has 0 fully saturated rings. The number of aromatic nitrogens is 2. The Labute approximate surface area is 161 Å². The van der Waals surface area contributed by atoms with E-state index in [1.54, 1.807) is 24.7 Å². The van der Waals surface area contributed by atoms with Crippen LogP contribution in [0.3, 0.4) is 0 Å². The molecule has 0 saturated carbocycles.